The van der Waals surface area contributed by atoms with Gasteiger partial charge in [0.25, 0.3) is 0 Å². The van der Waals surface area contributed by atoms with E-state index in [1.165, 1.54) is 0 Å². The van der Waals surface area contributed by atoms with Crippen molar-refractivity contribution in [3.05, 3.63) is 28.2 Å². The number of methoxy groups -OCH3 is 1. The van der Waals surface area contributed by atoms with Crippen molar-refractivity contribution in [2.45, 2.75) is 30.2 Å². The Bertz CT molecular complexity index is 604. The summed E-state index contributed by atoms with van der Waals surface area (Å²) in [5.74, 6) is 0. The lowest BCUT2D eigenvalue weighted by Gasteiger charge is -2.29. The highest BCUT2D eigenvalue weighted by atomic mass is 79.9. The van der Waals surface area contributed by atoms with E-state index in [-0.39, 0.29) is 22.8 Å². The SMILES string of the molecule is COCC1(CNS(=O)(=O)c2cc(C)ccc2Br)CCCN1.Cl. The molecule has 1 heterocycles. The molecule has 0 aliphatic carbocycles. The van der Waals surface area contributed by atoms with E-state index in [4.69, 9.17) is 4.74 Å². The molecule has 1 aromatic rings. The number of sulfonamides is 1. The fourth-order valence-corrected chi connectivity index (χ4v) is 4.77. The third-order valence-electron chi connectivity index (χ3n) is 3.73. The third kappa shape index (κ3) is 4.66. The molecule has 0 saturated carbocycles. The largest absolute Gasteiger partial charge is 0.383 e. The molecule has 0 bridgehead atoms. The van der Waals surface area contributed by atoms with Gasteiger partial charge in [0.05, 0.1) is 17.0 Å². The van der Waals surface area contributed by atoms with Gasteiger partial charge in [0.1, 0.15) is 0 Å². The molecule has 1 unspecified atom stereocenters. The Balaban J connectivity index is 0.00000242. The molecule has 2 N–H and O–H groups in total. The predicted molar refractivity (Wildman–Crippen MR) is 93.2 cm³/mol. The van der Waals surface area contributed by atoms with E-state index in [0.717, 1.165) is 24.9 Å². The van der Waals surface area contributed by atoms with Gasteiger partial charge < -0.3 is 10.1 Å². The summed E-state index contributed by atoms with van der Waals surface area (Å²) in [5.41, 5.74) is 0.599. The van der Waals surface area contributed by atoms with Crippen LogP contribution in [0.1, 0.15) is 18.4 Å². The van der Waals surface area contributed by atoms with Crippen LogP contribution in [0.3, 0.4) is 0 Å². The highest BCUT2D eigenvalue weighted by Gasteiger charge is 2.35. The molecular formula is C14H22BrClN2O3S. The quantitative estimate of drug-likeness (QED) is 0.750. The van der Waals surface area contributed by atoms with Crippen LogP contribution in [0.25, 0.3) is 0 Å². The van der Waals surface area contributed by atoms with Gasteiger partial charge in [0.2, 0.25) is 10.0 Å². The Hall–Kier alpha value is -0.180. The van der Waals surface area contributed by atoms with Gasteiger partial charge in [0.15, 0.2) is 0 Å². The predicted octanol–water partition coefficient (Wildman–Crippen LogP) is 2.23. The Morgan fingerprint density at radius 2 is 2.18 bits per heavy atom. The van der Waals surface area contributed by atoms with Gasteiger partial charge in [-0.3, -0.25) is 0 Å². The van der Waals surface area contributed by atoms with Crippen molar-refractivity contribution >= 4 is 38.4 Å². The molecule has 2 rings (SSSR count). The van der Waals surface area contributed by atoms with Crippen molar-refractivity contribution in [1.82, 2.24) is 10.0 Å². The number of nitrogens with one attached hydrogen (secondary N) is 2. The fourth-order valence-electron chi connectivity index (χ4n) is 2.60. The lowest BCUT2D eigenvalue weighted by atomic mass is 9.99. The molecule has 1 aliphatic rings. The van der Waals surface area contributed by atoms with Crippen molar-refractivity contribution < 1.29 is 13.2 Å². The number of aryl methyl sites for hydroxylation is 1. The molecule has 1 saturated heterocycles. The van der Waals surface area contributed by atoms with E-state index in [1.807, 2.05) is 13.0 Å². The summed E-state index contributed by atoms with van der Waals surface area (Å²) in [4.78, 5) is 0.271. The van der Waals surface area contributed by atoms with Crippen molar-refractivity contribution in [1.29, 1.82) is 0 Å². The van der Waals surface area contributed by atoms with Crippen molar-refractivity contribution in [2.24, 2.45) is 0 Å². The first-order valence-electron chi connectivity index (χ1n) is 6.88. The third-order valence-corrected chi connectivity index (χ3v) is 6.12. The van der Waals surface area contributed by atoms with Crippen LogP contribution in [0.4, 0.5) is 0 Å². The lowest BCUT2D eigenvalue weighted by Crippen LogP contribution is -2.52. The number of hydrogen-bond acceptors (Lipinski definition) is 4. The monoisotopic (exact) mass is 412 g/mol. The molecule has 1 fully saturated rings. The van der Waals surface area contributed by atoms with Crippen LogP contribution in [-0.4, -0.2) is 40.8 Å². The van der Waals surface area contributed by atoms with E-state index < -0.39 is 10.0 Å². The van der Waals surface area contributed by atoms with Gasteiger partial charge in [-0.05, 0) is 59.9 Å². The Kier molecular flexibility index (Phi) is 7.29. The summed E-state index contributed by atoms with van der Waals surface area (Å²) >= 11 is 3.30. The van der Waals surface area contributed by atoms with Gasteiger partial charge in [-0.1, -0.05) is 6.07 Å². The Labute approximate surface area is 146 Å². The van der Waals surface area contributed by atoms with E-state index in [1.54, 1.807) is 19.2 Å². The molecule has 8 heteroatoms. The summed E-state index contributed by atoms with van der Waals surface area (Å²) in [6.07, 6.45) is 1.93. The minimum Gasteiger partial charge on any atom is -0.383 e. The summed E-state index contributed by atoms with van der Waals surface area (Å²) < 4.78 is 33.5. The van der Waals surface area contributed by atoms with E-state index in [0.29, 0.717) is 17.6 Å². The van der Waals surface area contributed by atoms with Crippen LogP contribution in [0, 0.1) is 6.92 Å². The molecule has 1 aliphatic heterocycles. The van der Waals surface area contributed by atoms with Crippen LogP contribution < -0.4 is 10.0 Å². The van der Waals surface area contributed by atoms with E-state index >= 15 is 0 Å². The number of halogens is 2. The van der Waals surface area contributed by atoms with Gasteiger partial charge in [-0.15, -0.1) is 12.4 Å². The number of benzene rings is 1. The molecule has 0 amide bonds. The standard InChI is InChI=1S/C14H21BrN2O3S.ClH/c1-11-4-5-12(15)13(8-11)21(18,19)17-9-14(10-20-2)6-3-7-16-14;/h4-5,8,16-17H,3,6-7,9-10H2,1-2H3;1H. The zero-order chi connectivity index (χ0) is 15.5. The van der Waals surface area contributed by atoms with Gasteiger partial charge in [-0.2, -0.15) is 0 Å². The van der Waals surface area contributed by atoms with Crippen LogP contribution in [-0.2, 0) is 14.8 Å². The van der Waals surface area contributed by atoms with E-state index in [9.17, 15) is 8.42 Å². The summed E-state index contributed by atoms with van der Waals surface area (Å²) in [6, 6.07) is 5.29. The smallest absolute Gasteiger partial charge is 0.241 e. The normalized spacial score (nSPS) is 21.6. The topological polar surface area (TPSA) is 67.4 Å². The van der Waals surface area contributed by atoms with E-state index in [2.05, 4.69) is 26.0 Å². The maximum absolute atomic E-state index is 12.5. The molecule has 22 heavy (non-hydrogen) atoms. The number of rotatable bonds is 6. The second-order valence-corrected chi connectivity index (χ2v) is 8.09. The molecule has 0 spiro atoms. The van der Waals surface area contributed by atoms with Crippen molar-refractivity contribution in [2.75, 3.05) is 26.8 Å². The zero-order valence-corrected chi connectivity index (χ0v) is 15.9. The summed E-state index contributed by atoms with van der Waals surface area (Å²) in [5, 5.41) is 3.36. The summed E-state index contributed by atoms with van der Waals surface area (Å²) in [6.45, 7) is 3.57. The average Bonchev–Trinajstić information content (AvgIpc) is 2.89. The molecule has 0 radical (unpaired) electrons. The number of ether oxygens (including phenoxy) is 1. The molecule has 1 aromatic carbocycles. The van der Waals surface area contributed by atoms with Gasteiger partial charge >= 0.3 is 0 Å². The Morgan fingerprint density at radius 3 is 2.77 bits per heavy atom. The second-order valence-electron chi connectivity index (χ2n) is 5.50. The average molecular weight is 414 g/mol. The molecule has 126 valence electrons. The molecule has 1 atom stereocenters. The molecule has 5 nitrogen and oxygen atoms in total. The molecule has 0 aromatic heterocycles. The van der Waals surface area contributed by atoms with Crippen LogP contribution >= 0.6 is 28.3 Å². The zero-order valence-electron chi connectivity index (χ0n) is 12.7. The van der Waals surface area contributed by atoms with Crippen LogP contribution in [0.15, 0.2) is 27.6 Å². The van der Waals surface area contributed by atoms with Gasteiger partial charge in [0, 0.05) is 18.1 Å². The van der Waals surface area contributed by atoms with Crippen molar-refractivity contribution in [3.63, 3.8) is 0 Å². The van der Waals surface area contributed by atoms with Crippen molar-refractivity contribution in [3.8, 4) is 0 Å². The highest BCUT2D eigenvalue weighted by molar-refractivity contribution is 9.10. The van der Waals surface area contributed by atoms with Crippen LogP contribution in [0.5, 0.6) is 0 Å². The lowest BCUT2D eigenvalue weighted by molar-refractivity contribution is 0.122. The highest BCUT2D eigenvalue weighted by Crippen LogP contribution is 2.24. The Morgan fingerprint density at radius 1 is 1.45 bits per heavy atom. The summed E-state index contributed by atoms with van der Waals surface area (Å²) in [7, 11) is -1.92. The number of hydrogen-bond donors (Lipinski definition) is 2. The minimum atomic E-state index is -3.55. The molecular weight excluding hydrogens is 392 g/mol. The maximum Gasteiger partial charge on any atom is 0.241 e. The van der Waals surface area contributed by atoms with Crippen LogP contribution in [0.2, 0.25) is 0 Å². The van der Waals surface area contributed by atoms with Gasteiger partial charge in [-0.25, -0.2) is 13.1 Å². The first kappa shape index (κ1) is 19.9. The first-order valence-corrected chi connectivity index (χ1v) is 9.16. The second kappa shape index (κ2) is 8.08. The maximum atomic E-state index is 12.5. The fraction of sp³-hybridized carbons (Fsp3) is 0.571. The first-order chi connectivity index (χ1) is 9.88. The minimum absolute atomic E-state index is 0.